The van der Waals surface area contributed by atoms with Gasteiger partial charge in [-0.05, 0) is 43.5 Å². The number of aryl methyl sites for hydroxylation is 1. The SMILES string of the molecule is CN=C(NCCc1ccc(Cl)s1)NCc1ccc(C)cc1OCC1CCOC1. The maximum Gasteiger partial charge on any atom is 0.191 e. The van der Waals surface area contributed by atoms with Gasteiger partial charge < -0.3 is 20.1 Å². The lowest BCUT2D eigenvalue weighted by molar-refractivity contribution is 0.166. The van der Waals surface area contributed by atoms with Gasteiger partial charge in [0.2, 0.25) is 0 Å². The van der Waals surface area contributed by atoms with Crippen LogP contribution >= 0.6 is 22.9 Å². The van der Waals surface area contributed by atoms with Gasteiger partial charge in [0.15, 0.2) is 5.96 Å². The van der Waals surface area contributed by atoms with Crippen LogP contribution in [0, 0.1) is 12.8 Å². The van der Waals surface area contributed by atoms with E-state index in [1.165, 1.54) is 10.4 Å². The summed E-state index contributed by atoms with van der Waals surface area (Å²) in [6.07, 6.45) is 1.99. The number of guanidine groups is 1. The van der Waals surface area contributed by atoms with Gasteiger partial charge >= 0.3 is 0 Å². The van der Waals surface area contributed by atoms with Gasteiger partial charge in [0.25, 0.3) is 0 Å². The van der Waals surface area contributed by atoms with Crippen molar-refractivity contribution in [3.8, 4) is 5.75 Å². The minimum absolute atomic E-state index is 0.488. The molecule has 5 nitrogen and oxygen atoms in total. The van der Waals surface area contributed by atoms with E-state index in [9.17, 15) is 0 Å². The van der Waals surface area contributed by atoms with Crippen LogP contribution in [0.1, 0.15) is 22.4 Å². The number of rotatable bonds is 8. The summed E-state index contributed by atoms with van der Waals surface area (Å²) in [5, 5.41) is 6.73. The highest BCUT2D eigenvalue weighted by atomic mass is 35.5. The summed E-state index contributed by atoms with van der Waals surface area (Å²) in [6.45, 7) is 5.88. The Labute approximate surface area is 176 Å². The Morgan fingerprint density at radius 1 is 1.32 bits per heavy atom. The number of benzene rings is 1. The molecule has 1 saturated heterocycles. The molecule has 0 radical (unpaired) electrons. The van der Waals surface area contributed by atoms with Crippen LogP contribution in [0.5, 0.6) is 5.75 Å². The van der Waals surface area contributed by atoms with E-state index in [1.807, 2.05) is 6.07 Å². The van der Waals surface area contributed by atoms with Gasteiger partial charge in [-0.3, -0.25) is 4.99 Å². The molecule has 2 N–H and O–H groups in total. The van der Waals surface area contributed by atoms with E-state index in [2.05, 4.69) is 46.8 Å². The minimum atomic E-state index is 0.488. The first-order valence-electron chi connectivity index (χ1n) is 9.63. The molecule has 28 heavy (non-hydrogen) atoms. The highest BCUT2D eigenvalue weighted by Crippen LogP contribution is 2.23. The van der Waals surface area contributed by atoms with Crippen molar-refractivity contribution in [1.29, 1.82) is 0 Å². The van der Waals surface area contributed by atoms with Gasteiger partial charge in [0.1, 0.15) is 5.75 Å². The molecule has 152 valence electrons. The van der Waals surface area contributed by atoms with Crippen molar-refractivity contribution in [3.05, 3.63) is 50.7 Å². The van der Waals surface area contributed by atoms with Crippen LogP contribution in [-0.2, 0) is 17.7 Å². The van der Waals surface area contributed by atoms with E-state index in [0.717, 1.165) is 54.2 Å². The van der Waals surface area contributed by atoms with E-state index >= 15 is 0 Å². The second-order valence-corrected chi connectivity index (χ2v) is 8.76. The molecule has 1 unspecified atom stereocenters. The molecule has 1 aliphatic heterocycles. The molecule has 0 amide bonds. The van der Waals surface area contributed by atoms with Crippen LogP contribution < -0.4 is 15.4 Å². The number of ether oxygens (including phenoxy) is 2. The fourth-order valence-electron chi connectivity index (χ4n) is 3.05. The Bertz CT molecular complexity index is 788. The first kappa shape index (κ1) is 21.0. The van der Waals surface area contributed by atoms with Crippen LogP contribution in [0.3, 0.4) is 0 Å². The number of nitrogens with zero attached hydrogens (tertiary/aromatic N) is 1. The summed E-state index contributed by atoms with van der Waals surface area (Å²) in [6, 6.07) is 10.3. The van der Waals surface area contributed by atoms with Gasteiger partial charge in [0, 0.05) is 43.1 Å². The third kappa shape index (κ3) is 6.40. The van der Waals surface area contributed by atoms with Gasteiger partial charge in [-0.15, -0.1) is 11.3 Å². The molecule has 2 aromatic rings. The fourth-order valence-corrected chi connectivity index (χ4v) is 4.14. The molecule has 1 aromatic heterocycles. The smallest absolute Gasteiger partial charge is 0.191 e. The Kier molecular flexibility index (Phi) is 8.01. The largest absolute Gasteiger partial charge is 0.493 e. The zero-order valence-corrected chi connectivity index (χ0v) is 18.0. The number of thiophene rings is 1. The molecule has 7 heteroatoms. The van der Waals surface area contributed by atoms with Crippen LogP contribution in [0.25, 0.3) is 0 Å². The van der Waals surface area contributed by atoms with Crippen molar-refractivity contribution in [3.63, 3.8) is 0 Å². The topological polar surface area (TPSA) is 54.9 Å². The third-order valence-electron chi connectivity index (χ3n) is 4.68. The van der Waals surface area contributed by atoms with Gasteiger partial charge in [-0.25, -0.2) is 0 Å². The first-order valence-corrected chi connectivity index (χ1v) is 10.8. The molecule has 1 atom stereocenters. The molecular weight excluding hydrogens is 394 g/mol. The quantitative estimate of drug-likeness (QED) is 0.499. The number of hydrogen-bond donors (Lipinski definition) is 2. The van der Waals surface area contributed by atoms with Crippen molar-refractivity contribution in [2.24, 2.45) is 10.9 Å². The van der Waals surface area contributed by atoms with Crippen molar-refractivity contribution in [2.75, 3.05) is 33.4 Å². The van der Waals surface area contributed by atoms with E-state index in [1.54, 1.807) is 18.4 Å². The number of hydrogen-bond acceptors (Lipinski definition) is 4. The normalized spacial score (nSPS) is 17.0. The Hall–Kier alpha value is -1.76. The van der Waals surface area contributed by atoms with Crippen molar-refractivity contribution < 1.29 is 9.47 Å². The maximum atomic E-state index is 6.12. The zero-order valence-electron chi connectivity index (χ0n) is 16.5. The summed E-state index contributed by atoms with van der Waals surface area (Å²) in [5.41, 5.74) is 2.32. The number of halogens is 1. The van der Waals surface area contributed by atoms with Crippen molar-refractivity contribution >= 4 is 28.9 Å². The Morgan fingerprint density at radius 2 is 2.21 bits per heavy atom. The van der Waals surface area contributed by atoms with E-state index < -0.39 is 0 Å². The Balaban J connectivity index is 1.50. The summed E-state index contributed by atoms with van der Waals surface area (Å²) in [5.74, 6) is 2.20. The lowest BCUT2D eigenvalue weighted by Gasteiger charge is -2.17. The van der Waals surface area contributed by atoms with Crippen molar-refractivity contribution in [1.82, 2.24) is 10.6 Å². The molecule has 0 saturated carbocycles. The van der Waals surface area contributed by atoms with Gasteiger partial charge in [-0.1, -0.05) is 23.7 Å². The number of aliphatic imine (C=N–C) groups is 1. The fraction of sp³-hybridized carbons (Fsp3) is 0.476. The molecule has 1 fully saturated rings. The van der Waals surface area contributed by atoms with Gasteiger partial charge in [-0.2, -0.15) is 0 Å². The monoisotopic (exact) mass is 421 g/mol. The van der Waals surface area contributed by atoms with Crippen molar-refractivity contribution in [2.45, 2.75) is 26.3 Å². The summed E-state index contributed by atoms with van der Waals surface area (Å²) >= 11 is 7.60. The lowest BCUT2D eigenvalue weighted by Crippen LogP contribution is -2.37. The summed E-state index contributed by atoms with van der Waals surface area (Å²) in [7, 11) is 1.78. The van der Waals surface area contributed by atoms with Crippen LogP contribution in [0.2, 0.25) is 4.34 Å². The van der Waals surface area contributed by atoms with Crippen LogP contribution in [0.4, 0.5) is 0 Å². The predicted octanol–water partition coefficient (Wildman–Crippen LogP) is 4.03. The molecule has 3 rings (SSSR count). The number of nitrogens with one attached hydrogen (secondary N) is 2. The molecule has 0 bridgehead atoms. The molecule has 0 aliphatic carbocycles. The van der Waals surface area contributed by atoms with Gasteiger partial charge in [0.05, 0.1) is 17.6 Å². The summed E-state index contributed by atoms with van der Waals surface area (Å²) in [4.78, 5) is 5.57. The van der Waals surface area contributed by atoms with Crippen LogP contribution in [-0.4, -0.2) is 39.4 Å². The Morgan fingerprint density at radius 3 is 2.93 bits per heavy atom. The molecule has 2 heterocycles. The summed E-state index contributed by atoms with van der Waals surface area (Å²) < 4.78 is 12.4. The van der Waals surface area contributed by atoms with E-state index in [4.69, 9.17) is 21.1 Å². The molecule has 1 aromatic carbocycles. The third-order valence-corrected chi connectivity index (χ3v) is 5.97. The first-order chi connectivity index (χ1) is 13.6. The van der Waals surface area contributed by atoms with E-state index in [-0.39, 0.29) is 0 Å². The average molecular weight is 422 g/mol. The second kappa shape index (κ2) is 10.7. The zero-order chi connectivity index (χ0) is 19.8. The standard InChI is InChI=1S/C21H28ClN3O2S/c1-15-3-4-17(19(11-15)27-14-16-8-10-26-13-16)12-25-21(23-2)24-9-7-18-5-6-20(22)28-18/h3-6,11,16H,7-10,12-14H2,1-2H3,(H2,23,24,25). The highest BCUT2D eigenvalue weighted by molar-refractivity contribution is 7.16. The lowest BCUT2D eigenvalue weighted by atomic mass is 10.1. The highest BCUT2D eigenvalue weighted by Gasteiger charge is 2.17. The molecule has 1 aliphatic rings. The average Bonchev–Trinajstić information content (AvgIpc) is 3.35. The van der Waals surface area contributed by atoms with Crippen LogP contribution in [0.15, 0.2) is 35.3 Å². The van der Waals surface area contributed by atoms with E-state index in [0.29, 0.717) is 19.1 Å². The molecule has 0 spiro atoms. The predicted molar refractivity (Wildman–Crippen MR) is 117 cm³/mol. The maximum absolute atomic E-state index is 6.12. The minimum Gasteiger partial charge on any atom is -0.493 e. The second-order valence-electron chi connectivity index (χ2n) is 6.96. The molecular formula is C21H28ClN3O2S.